The number of nitrogens with zero attached hydrogens (tertiary/aromatic N) is 1. The van der Waals surface area contributed by atoms with Gasteiger partial charge >= 0.3 is 6.01 Å². The average Bonchev–Trinajstić information content (AvgIpc) is 2.42. The van der Waals surface area contributed by atoms with Crippen molar-refractivity contribution in [3.63, 3.8) is 0 Å². The second kappa shape index (κ2) is 4.76. The quantitative estimate of drug-likeness (QED) is 0.589. The minimum Gasteiger partial charge on any atom is -0.429 e. The lowest BCUT2D eigenvalue weighted by Gasteiger charge is -2.03. The van der Waals surface area contributed by atoms with E-state index in [1.165, 1.54) is 0 Å². The Balaban J connectivity index is 2.51. The summed E-state index contributed by atoms with van der Waals surface area (Å²) in [6.07, 6.45) is 1.72. The third kappa shape index (κ3) is 2.85. The molecule has 4 nitrogen and oxygen atoms in total. The van der Waals surface area contributed by atoms with Gasteiger partial charge in [-0.3, -0.25) is 5.32 Å². The smallest absolute Gasteiger partial charge is 0.301 e. The van der Waals surface area contributed by atoms with Gasteiger partial charge < -0.3 is 9.73 Å². The third-order valence-electron chi connectivity index (χ3n) is 1.66. The van der Waals surface area contributed by atoms with Crippen molar-refractivity contribution in [2.75, 3.05) is 11.9 Å². The molecule has 2 N–H and O–H groups in total. The second-order valence-corrected chi connectivity index (χ2v) is 3.19. The zero-order valence-electron chi connectivity index (χ0n) is 8.26. The zero-order valence-corrected chi connectivity index (χ0v) is 9.07. The Morgan fingerprint density at radius 1 is 1.64 bits per heavy atom. The van der Waals surface area contributed by atoms with E-state index < -0.39 is 0 Å². The van der Waals surface area contributed by atoms with E-state index in [4.69, 9.17) is 16.6 Å². The van der Waals surface area contributed by atoms with Crippen molar-refractivity contribution >= 4 is 23.3 Å². The molecule has 0 unspecified atom stereocenters. The standard InChI is InChI=1S/C9H13N3OS/c1-4-5-10-9(14)12-8-11-6(2)7(3)13-8/h4H,1,5H2,2-3H3,(H2,10,11,12,14). The molecule has 0 saturated heterocycles. The highest BCUT2D eigenvalue weighted by atomic mass is 32.1. The maximum Gasteiger partial charge on any atom is 0.301 e. The molecule has 0 atom stereocenters. The van der Waals surface area contributed by atoms with Crippen molar-refractivity contribution in [3.05, 3.63) is 24.1 Å². The summed E-state index contributed by atoms with van der Waals surface area (Å²) in [5.41, 5.74) is 0.860. The van der Waals surface area contributed by atoms with Crippen LogP contribution in [0, 0.1) is 13.8 Å². The molecular formula is C9H13N3OS. The fraction of sp³-hybridized carbons (Fsp3) is 0.333. The van der Waals surface area contributed by atoms with E-state index in [0.717, 1.165) is 11.5 Å². The van der Waals surface area contributed by atoms with Gasteiger partial charge in [0.2, 0.25) is 0 Å². The number of hydrogen-bond acceptors (Lipinski definition) is 3. The minimum absolute atomic E-state index is 0.418. The molecule has 0 aliphatic carbocycles. The number of hydrogen-bond donors (Lipinski definition) is 2. The summed E-state index contributed by atoms with van der Waals surface area (Å²) in [6, 6.07) is 0.418. The van der Waals surface area contributed by atoms with Crippen LogP contribution in [0.3, 0.4) is 0 Å². The molecule has 1 heterocycles. The van der Waals surface area contributed by atoms with Crippen molar-refractivity contribution in [2.45, 2.75) is 13.8 Å². The fourth-order valence-corrected chi connectivity index (χ4v) is 1.00. The Hall–Kier alpha value is -1.36. The Bertz CT molecular complexity index is 326. The van der Waals surface area contributed by atoms with Crippen LogP contribution in [0.15, 0.2) is 17.1 Å². The molecule has 0 bridgehead atoms. The van der Waals surface area contributed by atoms with E-state index in [9.17, 15) is 0 Å². The first-order valence-corrected chi connectivity index (χ1v) is 4.64. The van der Waals surface area contributed by atoms with Crippen LogP contribution in [-0.4, -0.2) is 16.6 Å². The second-order valence-electron chi connectivity index (χ2n) is 2.78. The van der Waals surface area contributed by atoms with Gasteiger partial charge in [-0.05, 0) is 26.1 Å². The zero-order chi connectivity index (χ0) is 10.6. The maximum atomic E-state index is 5.29. The van der Waals surface area contributed by atoms with Gasteiger partial charge in [-0.15, -0.1) is 6.58 Å². The summed E-state index contributed by atoms with van der Waals surface area (Å²) in [7, 11) is 0. The largest absolute Gasteiger partial charge is 0.429 e. The van der Waals surface area contributed by atoms with E-state index in [-0.39, 0.29) is 0 Å². The number of aromatic nitrogens is 1. The van der Waals surface area contributed by atoms with Gasteiger partial charge in [0.25, 0.3) is 0 Å². The van der Waals surface area contributed by atoms with Crippen LogP contribution in [0.4, 0.5) is 6.01 Å². The Labute approximate surface area is 88.4 Å². The summed E-state index contributed by atoms with van der Waals surface area (Å²) < 4.78 is 5.29. The molecule has 5 heteroatoms. The first kappa shape index (κ1) is 10.7. The number of aryl methyl sites for hydroxylation is 2. The average molecular weight is 211 g/mol. The van der Waals surface area contributed by atoms with Crippen molar-refractivity contribution in [1.29, 1.82) is 0 Å². The monoisotopic (exact) mass is 211 g/mol. The van der Waals surface area contributed by atoms with Crippen LogP contribution in [-0.2, 0) is 0 Å². The number of rotatable bonds is 3. The van der Waals surface area contributed by atoms with E-state index in [1.807, 2.05) is 13.8 Å². The van der Waals surface area contributed by atoms with Gasteiger partial charge in [0, 0.05) is 6.54 Å². The van der Waals surface area contributed by atoms with Crippen molar-refractivity contribution in [2.24, 2.45) is 0 Å². The Morgan fingerprint density at radius 3 is 2.86 bits per heavy atom. The van der Waals surface area contributed by atoms with Gasteiger partial charge in [0.05, 0.1) is 5.69 Å². The van der Waals surface area contributed by atoms with Crippen LogP contribution >= 0.6 is 12.2 Å². The number of thiocarbonyl (C=S) groups is 1. The predicted molar refractivity (Wildman–Crippen MR) is 60.4 cm³/mol. The topological polar surface area (TPSA) is 50.1 Å². The lowest BCUT2D eigenvalue weighted by atomic mass is 10.4. The molecule has 0 aliphatic rings. The summed E-state index contributed by atoms with van der Waals surface area (Å²) in [5, 5.41) is 6.22. The fourth-order valence-electron chi connectivity index (χ4n) is 0.832. The maximum absolute atomic E-state index is 5.29. The van der Waals surface area contributed by atoms with Gasteiger partial charge in [0.15, 0.2) is 5.11 Å². The van der Waals surface area contributed by atoms with Crippen LogP contribution in [0.25, 0.3) is 0 Å². The van der Waals surface area contributed by atoms with E-state index in [1.54, 1.807) is 6.08 Å². The molecule has 76 valence electrons. The van der Waals surface area contributed by atoms with Crippen molar-refractivity contribution in [3.8, 4) is 0 Å². The van der Waals surface area contributed by atoms with E-state index in [2.05, 4.69) is 22.2 Å². The summed E-state index contributed by atoms with van der Waals surface area (Å²) in [6.45, 7) is 7.92. The molecule has 0 amide bonds. The highest BCUT2D eigenvalue weighted by Gasteiger charge is 2.05. The molecule has 1 aromatic rings. The number of anilines is 1. The molecule has 0 radical (unpaired) electrons. The van der Waals surface area contributed by atoms with Crippen LogP contribution < -0.4 is 10.6 Å². The van der Waals surface area contributed by atoms with Crippen molar-refractivity contribution < 1.29 is 4.42 Å². The lowest BCUT2D eigenvalue weighted by molar-refractivity contribution is 0.544. The Morgan fingerprint density at radius 2 is 2.36 bits per heavy atom. The van der Waals surface area contributed by atoms with Crippen molar-refractivity contribution in [1.82, 2.24) is 10.3 Å². The first-order valence-electron chi connectivity index (χ1n) is 4.23. The Kier molecular flexibility index (Phi) is 3.64. The molecule has 0 fully saturated rings. The molecule has 0 saturated carbocycles. The van der Waals surface area contributed by atoms with Gasteiger partial charge in [-0.2, -0.15) is 4.98 Å². The van der Waals surface area contributed by atoms with Crippen LogP contribution in [0.2, 0.25) is 0 Å². The van der Waals surface area contributed by atoms with E-state index >= 15 is 0 Å². The molecule has 1 rings (SSSR count). The lowest BCUT2D eigenvalue weighted by Crippen LogP contribution is -2.28. The van der Waals surface area contributed by atoms with E-state index in [0.29, 0.717) is 17.7 Å². The minimum atomic E-state index is 0.418. The van der Waals surface area contributed by atoms with Gasteiger partial charge in [-0.25, -0.2) is 0 Å². The van der Waals surface area contributed by atoms with Gasteiger partial charge in [0.1, 0.15) is 5.76 Å². The highest BCUT2D eigenvalue weighted by molar-refractivity contribution is 7.80. The molecular weight excluding hydrogens is 198 g/mol. The third-order valence-corrected chi connectivity index (χ3v) is 1.90. The highest BCUT2D eigenvalue weighted by Crippen LogP contribution is 2.12. The number of oxazole rings is 1. The summed E-state index contributed by atoms with van der Waals surface area (Å²) >= 11 is 4.98. The SMILES string of the molecule is C=CCNC(=S)Nc1nc(C)c(C)o1. The number of nitrogens with one attached hydrogen (secondary N) is 2. The first-order chi connectivity index (χ1) is 6.63. The molecule has 1 aromatic heterocycles. The summed E-state index contributed by atoms with van der Waals surface area (Å²) in [4.78, 5) is 4.13. The predicted octanol–water partition coefficient (Wildman–Crippen LogP) is 1.76. The van der Waals surface area contributed by atoms with Crippen LogP contribution in [0.5, 0.6) is 0 Å². The van der Waals surface area contributed by atoms with Crippen LogP contribution in [0.1, 0.15) is 11.5 Å². The summed E-state index contributed by atoms with van der Waals surface area (Å²) in [5.74, 6) is 0.791. The normalized spacial score (nSPS) is 9.57. The molecule has 14 heavy (non-hydrogen) atoms. The molecule has 0 spiro atoms. The molecule has 0 aliphatic heterocycles. The molecule has 0 aromatic carbocycles. The van der Waals surface area contributed by atoms with Gasteiger partial charge in [-0.1, -0.05) is 6.08 Å².